The predicted molar refractivity (Wildman–Crippen MR) is 238 cm³/mol. The molecule has 3 N–H and O–H groups in total. The van der Waals surface area contributed by atoms with Crippen LogP contribution < -0.4 is 26.0 Å². The van der Waals surface area contributed by atoms with Crippen LogP contribution in [0.2, 0.25) is 0 Å². The molecule has 4 aromatic carbocycles. The first-order valence-electron chi connectivity index (χ1n) is 21.3. The summed E-state index contributed by atoms with van der Waals surface area (Å²) in [6, 6.07) is 30.6. The fourth-order valence-corrected chi connectivity index (χ4v) is 9.21. The van der Waals surface area contributed by atoms with Crippen molar-refractivity contribution >= 4 is 11.6 Å². The molecule has 3 unspecified atom stereocenters. The van der Waals surface area contributed by atoms with Gasteiger partial charge in [-0.3, -0.25) is 34.1 Å². The molecule has 0 aliphatic carbocycles. The molecule has 344 valence electrons. The Morgan fingerprint density at radius 2 is 1.45 bits per heavy atom. The van der Waals surface area contributed by atoms with Crippen molar-refractivity contribution in [2.24, 2.45) is 0 Å². The standard InChI is InChI=1S/C48H55N5O12/c1-46(2)25-35(26-47(3,4)53(46)64-30-62-28-31-12-10-11-15-39(31)52(58)59)49-43(55)38-27-51(45(57)50-44(38)56)42-24-40(54)41(65-42)29-63-48(32-13-8-7-9-14-32,33-16-20-36(60-5)21-17-33)34-18-22-37(61-6)23-19-34/h7-23,27,35,40-42,54H,24-26,28-30H2,1-6H3,(H,49,55)(H,50,56,57). The molecule has 2 saturated heterocycles. The molecule has 1 amide bonds. The van der Waals surface area contributed by atoms with Crippen molar-refractivity contribution < 1.29 is 43.3 Å². The molecule has 2 aliphatic rings. The molecule has 17 nitrogen and oxygen atoms in total. The summed E-state index contributed by atoms with van der Waals surface area (Å²) < 4.78 is 31.0. The van der Waals surface area contributed by atoms with Crippen LogP contribution in [-0.4, -0.2) is 87.5 Å². The van der Waals surface area contributed by atoms with E-state index in [4.69, 9.17) is 28.5 Å². The number of methoxy groups -OCH3 is 2. The Balaban J connectivity index is 1.05. The molecule has 7 rings (SSSR count). The van der Waals surface area contributed by atoms with Gasteiger partial charge in [-0.1, -0.05) is 66.7 Å². The van der Waals surface area contributed by atoms with Crippen LogP contribution in [0, 0.1) is 10.1 Å². The van der Waals surface area contributed by atoms with E-state index in [2.05, 4.69) is 10.3 Å². The van der Waals surface area contributed by atoms with Gasteiger partial charge in [-0.25, -0.2) is 4.79 Å². The summed E-state index contributed by atoms with van der Waals surface area (Å²) in [5, 5.41) is 27.6. The predicted octanol–water partition coefficient (Wildman–Crippen LogP) is 5.98. The largest absolute Gasteiger partial charge is 0.497 e. The number of aliphatic hydroxyl groups excluding tert-OH is 1. The first-order chi connectivity index (χ1) is 31.1. The number of amides is 1. The summed E-state index contributed by atoms with van der Waals surface area (Å²) in [7, 11) is 3.18. The molecule has 2 aliphatic heterocycles. The molecule has 0 spiro atoms. The number of hydrogen-bond acceptors (Lipinski definition) is 13. The Labute approximate surface area is 375 Å². The number of carbonyl (C=O) groups is 1. The number of benzene rings is 4. The molecule has 3 heterocycles. The smallest absolute Gasteiger partial charge is 0.330 e. The molecule has 0 radical (unpaired) electrons. The molecule has 65 heavy (non-hydrogen) atoms. The third-order valence-electron chi connectivity index (χ3n) is 12.0. The van der Waals surface area contributed by atoms with Gasteiger partial charge in [-0.15, -0.1) is 0 Å². The number of para-hydroxylation sites is 1. The first kappa shape index (κ1) is 46.8. The van der Waals surface area contributed by atoms with E-state index in [1.165, 1.54) is 12.3 Å². The highest BCUT2D eigenvalue weighted by Gasteiger charge is 2.47. The van der Waals surface area contributed by atoms with Crippen LogP contribution in [0.4, 0.5) is 5.69 Å². The van der Waals surface area contributed by atoms with Gasteiger partial charge in [0.05, 0.1) is 44.0 Å². The van der Waals surface area contributed by atoms with Crippen LogP contribution in [0.25, 0.3) is 0 Å². The lowest BCUT2D eigenvalue weighted by Gasteiger charge is -2.53. The highest BCUT2D eigenvalue weighted by molar-refractivity contribution is 5.93. The van der Waals surface area contributed by atoms with E-state index in [-0.39, 0.29) is 37.7 Å². The van der Waals surface area contributed by atoms with E-state index in [0.29, 0.717) is 29.9 Å². The van der Waals surface area contributed by atoms with Gasteiger partial charge >= 0.3 is 5.69 Å². The Hall–Kier alpha value is -6.21. The Morgan fingerprint density at radius 3 is 2.03 bits per heavy atom. The quantitative estimate of drug-likeness (QED) is 0.0324. The van der Waals surface area contributed by atoms with E-state index in [1.807, 2.05) is 107 Å². The minimum atomic E-state index is -1.20. The number of nitro benzene ring substituents is 1. The minimum absolute atomic E-state index is 0.0232. The lowest BCUT2D eigenvalue weighted by Crippen LogP contribution is -2.64. The number of hydrogen-bond donors (Lipinski definition) is 3. The van der Waals surface area contributed by atoms with Crippen LogP contribution in [0.5, 0.6) is 11.5 Å². The SMILES string of the molecule is COc1ccc(C(OCC2OC(n3cc(C(=O)NC4CC(C)(C)N(OCOCc5ccccc5[N+](=O)[O-])C(C)(C)C4)c(=O)[nH]c3=O)CC2O)(c2ccccc2)c2ccc(OC)cc2)cc1. The summed E-state index contributed by atoms with van der Waals surface area (Å²) in [4.78, 5) is 59.7. The van der Waals surface area contributed by atoms with Crippen molar-refractivity contribution in [3.05, 3.63) is 168 Å². The number of H-pyrrole nitrogens is 1. The minimum Gasteiger partial charge on any atom is -0.497 e. The zero-order valence-electron chi connectivity index (χ0n) is 37.2. The average molecular weight is 894 g/mol. The number of aromatic amines is 1. The number of nitrogens with zero attached hydrogens (tertiary/aromatic N) is 3. The van der Waals surface area contributed by atoms with Crippen molar-refractivity contribution in [1.82, 2.24) is 19.9 Å². The number of aromatic nitrogens is 2. The second-order valence-electron chi connectivity index (χ2n) is 17.4. The van der Waals surface area contributed by atoms with Gasteiger partial charge in [0.15, 0.2) is 6.79 Å². The molecule has 1 aromatic heterocycles. The van der Waals surface area contributed by atoms with Gasteiger partial charge in [-0.2, -0.15) is 5.06 Å². The maximum absolute atomic E-state index is 13.9. The number of carbonyl (C=O) groups excluding carboxylic acids is 1. The van der Waals surface area contributed by atoms with Crippen LogP contribution in [0.3, 0.4) is 0 Å². The molecule has 17 heteroatoms. The molecule has 5 aromatic rings. The van der Waals surface area contributed by atoms with Gasteiger partial charge in [-0.05, 0) is 87.6 Å². The van der Waals surface area contributed by atoms with Crippen molar-refractivity contribution in [3.8, 4) is 11.5 Å². The zero-order chi connectivity index (χ0) is 46.5. The number of hydroxylamine groups is 2. The van der Waals surface area contributed by atoms with E-state index in [1.54, 1.807) is 37.5 Å². The highest BCUT2D eigenvalue weighted by Crippen LogP contribution is 2.43. The average Bonchev–Trinajstić information content (AvgIpc) is 3.65. The number of piperidine rings is 1. The van der Waals surface area contributed by atoms with E-state index < -0.39 is 63.2 Å². The first-order valence-corrected chi connectivity index (χ1v) is 21.3. The molecule has 3 atom stereocenters. The Morgan fingerprint density at radius 1 is 0.877 bits per heavy atom. The van der Waals surface area contributed by atoms with E-state index >= 15 is 0 Å². The number of ether oxygens (including phenoxy) is 5. The fraction of sp³-hybridized carbons (Fsp3) is 0.396. The van der Waals surface area contributed by atoms with Gasteiger partial charge in [0.1, 0.15) is 35.0 Å². The second-order valence-corrected chi connectivity index (χ2v) is 17.4. The molecular formula is C48H55N5O12. The summed E-state index contributed by atoms with van der Waals surface area (Å²) >= 11 is 0. The van der Waals surface area contributed by atoms with E-state index in [9.17, 15) is 29.6 Å². The van der Waals surface area contributed by atoms with Gasteiger partial charge in [0.2, 0.25) is 0 Å². The maximum atomic E-state index is 13.9. The van der Waals surface area contributed by atoms with E-state index in [0.717, 1.165) is 21.3 Å². The number of nitrogens with one attached hydrogen (secondary N) is 2. The molecule has 0 saturated carbocycles. The van der Waals surface area contributed by atoms with Crippen LogP contribution in [-0.2, 0) is 31.3 Å². The molecular weight excluding hydrogens is 839 g/mol. The van der Waals surface area contributed by atoms with Gasteiger partial charge in [0.25, 0.3) is 17.2 Å². The summed E-state index contributed by atoms with van der Waals surface area (Å²) in [5.41, 5.74) is -1.73. The topological polar surface area (TPSA) is 206 Å². The lowest BCUT2D eigenvalue weighted by molar-refractivity contribution is -0.386. The van der Waals surface area contributed by atoms with Gasteiger partial charge < -0.3 is 34.1 Å². The van der Waals surface area contributed by atoms with Crippen molar-refractivity contribution in [1.29, 1.82) is 0 Å². The number of nitro groups is 1. The molecule has 0 bridgehead atoms. The highest BCUT2D eigenvalue weighted by atomic mass is 16.8. The zero-order valence-corrected chi connectivity index (χ0v) is 37.2. The maximum Gasteiger partial charge on any atom is 0.330 e. The van der Waals surface area contributed by atoms with Crippen molar-refractivity contribution in [2.45, 2.75) is 94.7 Å². The third kappa shape index (κ3) is 10.0. The fourth-order valence-electron chi connectivity index (χ4n) is 9.21. The van der Waals surface area contributed by atoms with Crippen LogP contribution in [0.15, 0.2) is 119 Å². The van der Waals surface area contributed by atoms with Crippen LogP contribution in [0.1, 0.15) is 85.8 Å². The third-order valence-corrected chi connectivity index (χ3v) is 12.0. The second kappa shape index (κ2) is 19.5. The summed E-state index contributed by atoms with van der Waals surface area (Å²) in [5.74, 6) is 0.625. The molecule has 2 fully saturated rings. The Bertz CT molecular complexity index is 2500. The normalized spacial score (nSPS) is 19.7. The lowest BCUT2D eigenvalue weighted by atomic mass is 9.79. The van der Waals surface area contributed by atoms with Crippen molar-refractivity contribution in [2.75, 3.05) is 27.6 Å². The number of rotatable bonds is 17. The van der Waals surface area contributed by atoms with Crippen molar-refractivity contribution in [3.63, 3.8) is 0 Å². The monoisotopic (exact) mass is 893 g/mol. The van der Waals surface area contributed by atoms with Gasteiger partial charge in [0, 0.05) is 35.8 Å². The number of aliphatic hydroxyl groups is 1. The summed E-state index contributed by atoms with van der Waals surface area (Å²) in [6.07, 6.45) is -1.08. The van der Waals surface area contributed by atoms with Crippen LogP contribution >= 0.6 is 0 Å². The Kier molecular flexibility index (Phi) is 14.0. The summed E-state index contributed by atoms with van der Waals surface area (Å²) in [6.45, 7) is 7.48.